The molecular weight excluding hydrogens is 219 g/mol. The lowest BCUT2D eigenvalue weighted by molar-refractivity contribution is -0.114. The molecule has 0 aromatic heterocycles. The topological polar surface area (TPSA) is 17.1 Å². The predicted molar refractivity (Wildman–Crippen MR) is 67.4 cm³/mol. The largest absolute Gasteiger partial charge is 0.300 e. The van der Waals surface area contributed by atoms with Crippen LogP contribution in [-0.2, 0) is 4.79 Å². The van der Waals surface area contributed by atoms with Gasteiger partial charge in [0.2, 0.25) is 0 Å². The lowest BCUT2D eigenvalue weighted by Crippen LogP contribution is -1.70. The molecule has 88 valence electrons. The Morgan fingerprint density at radius 2 is 1.14 bits per heavy atom. The first-order chi connectivity index (χ1) is 6.56. The Bertz CT molecular complexity index is 87.3. The summed E-state index contributed by atoms with van der Waals surface area (Å²) in [5, 5.41) is 0.194. The summed E-state index contributed by atoms with van der Waals surface area (Å²) in [6, 6.07) is 0. The molecular formula is C11H24Cl2O. The molecule has 1 nitrogen and oxygen atoms in total. The van der Waals surface area contributed by atoms with Crippen molar-refractivity contribution in [1.29, 1.82) is 0 Å². The van der Waals surface area contributed by atoms with Crippen LogP contribution in [0.2, 0.25) is 0 Å². The lowest BCUT2D eigenvalue weighted by Gasteiger charge is -1.90. The molecule has 0 fully saturated rings. The van der Waals surface area contributed by atoms with Gasteiger partial charge < -0.3 is 4.79 Å². The highest BCUT2D eigenvalue weighted by Gasteiger charge is 1.80. The maximum Gasteiger partial charge on any atom is 0.126 e. The van der Waals surface area contributed by atoms with E-state index in [1.165, 1.54) is 46.0 Å². The Kier molecular flexibility index (Phi) is 32.8. The SMILES string of the molecule is CC(C)=O.CCCCCCC.ClCCl. The molecule has 0 bridgehead atoms. The molecule has 0 aromatic rings. The second-order valence-electron chi connectivity index (χ2n) is 3.07. The van der Waals surface area contributed by atoms with Crippen LogP contribution < -0.4 is 0 Å². The van der Waals surface area contributed by atoms with Gasteiger partial charge in [0.25, 0.3) is 0 Å². The number of alkyl halides is 2. The molecule has 0 aliphatic heterocycles. The van der Waals surface area contributed by atoms with Gasteiger partial charge >= 0.3 is 0 Å². The third-order valence-corrected chi connectivity index (χ3v) is 1.21. The first kappa shape index (κ1) is 19.8. The van der Waals surface area contributed by atoms with Gasteiger partial charge in [0.1, 0.15) is 5.78 Å². The van der Waals surface area contributed by atoms with Gasteiger partial charge in [0, 0.05) is 0 Å². The Labute approximate surface area is 99.2 Å². The van der Waals surface area contributed by atoms with Gasteiger partial charge in [-0.3, -0.25) is 0 Å². The highest BCUT2D eigenvalue weighted by molar-refractivity contribution is 6.40. The lowest BCUT2D eigenvalue weighted by atomic mass is 10.2. The summed E-state index contributed by atoms with van der Waals surface area (Å²) >= 11 is 9.53. The van der Waals surface area contributed by atoms with E-state index in [0.717, 1.165) is 0 Å². The monoisotopic (exact) mass is 242 g/mol. The van der Waals surface area contributed by atoms with Crippen molar-refractivity contribution in [3.63, 3.8) is 0 Å². The van der Waals surface area contributed by atoms with Crippen molar-refractivity contribution in [2.45, 2.75) is 59.8 Å². The van der Waals surface area contributed by atoms with Crippen LogP contribution in [0, 0.1) is 0 Å². The molecule has 0 saturated heterocycles. The number of ketones is 1. The predicted octanol–water partition coefficient (Wildman–Crippen LogP) is 4.99. The van der Waals surface area contributed by atoms with Gasteiger partial charge in [0.15, 0.2) is 0 Å². The standard InChI is InChI=1S/C7H16.C3H6O.CH2Cl2/c1-3-5-7-6-4-2;1-3(2)4;2-1-3/h3-7H2,1-2H3;1-2H3;1H2. The van der Waals surface area contributed by atoms with Crippen molar-refractivity contribution in [3.05, 3.63) is 0 Å². The van der Waals surface area contributed by atoms with Crippen LogP contribution in [0.25, 0.3) is 0 Å². The van der Waals surface area contributed by atoms with E-state index in [9.17, 15) is 4.79 Å². The maximum atomic E-state index is 9.44. The van der Waals surface area contributed by atoms with E-state index < -0.39 is 0 Å². The number of carbonyl (C=O) groups is 1. The average molecular weight is 243 g/mol. The minimum Gasteiger partial charge on any atom is -0.300 e. The third-order valence-electron chi connectivity index (χ3n) is 1.21. The van der Waals surface area contributed by atoms with Crippen molar-refractivity contribution in [2.24, 2.45) is 0 Å². The van der Waals surface area contributed by atoms with Crippen molar-refractivity contribution < 1.29 is 4.79 Å². The Hall–Kier alpha value is 0.250. The first-order valence-electron chi connectivity index (χ1n) is 5.15. The number of rotatable bonds is 4. The molecule has 0 unspecified atom stereocenters. The van der Waals surface area contributed by atoms with E-state index in [4.69, 9.17) is 23.2 Å². The average Bonchev–Trinajstić information content (AvgIpc) is 2.06. The molecule has 0 amide bonds. The smallest absolute Gasteiger partial charge is 0.126 e. The van der Waals surface area contributed by atoms with Gasteiger partial charge in [-0.15, -0.1) is 23.2 Å². The summed E-state index contributed by atoms with van der Waals surface area (Å²) in [6.07, 6.45) is 7.01. The fourth-order valence-corrected chi connectivity index (χ4v) is 0.677. The van der Waals surface area contributed by atoms with Gasteiger partial charge in [-0.1, -0.05) is 46.0 Å². The van der Waals surface area contributed by atoms with Crippen molar-refractivity contribution in [3.8, 4) is 0 Å². The zero-order chi connectivity index (χ0) is 11.8. The molecule has 0 N–H and O–H groups in total. The van der Waals surface area contributed by atoms with E-state index in [0.29, 0.717) is 0 Å². The van der Waals surface area contributed by atoms with Crippen molar-refractivity contribution >= 4 is 29.0 Å². The summed E-state index contributed by atoms with van der Waals surface area (Å²) in [5.41, 5.74) is 0. The molecule has 0 aromatic carbocycles. The quantitative estimate of drug-likeness (QED) is 0.502. The summed E-state index contributed by atoms with van der Waals surface area (Å²) in [6.45, 7) is 7.55. The maximum absolute atomic E-state index is 9.44. The van der Waals surface area contributed by atoms with Crippen LogP contribution >= 0.6 is 23.2 Å². The molecule has 0 atom stereocenters. The molecule has 3 heteroatoms. The molecule has 0 radical (unpaired) electrons. The zero-order valence-corrected chi connectivity index (χ0v) is 11.4. The minimum absolute atomic E-state index is 0.167. The van der Waals surface area contributed by atoms with Gasteiger partial charge in [0.05, 0.1) is 5.34 Å². The van der Waals surface area contributed by atoms with Crippen molar-refractivity contribution in [2.75, 3.05) is 5.34 Å². The van der Waals surface area contributed by atoms with Crippen LogP contribution in [0.1, 0.15) is 59.8 Å². The number of carbonyl (C=O) groups excluding carboxylic acids is 1. The Morgan fingerprint density at radius 1 is 0.929 bits per heavy atom. The van der Waals surface area contributed by atoms with E-state index in [1.54, 1.807) is 0 Å². The van der Waals surface area contributed by atoms with Gasteiger partial charge in [-0.25, -0.2) is 0 Å². The summed E-state index contributed by atoms with van der Waals surface area (Å²) < 4.78 is 0. The normalized spacial score (nSPS) is 7.86. The fourth-order valence-electron chi connectivity index (χ4n) is 0.677. The summed E-state index contributed by atoms with van der Waals surface area (Å²) in [7, 11) is 0. The number of Topliss-reactive ketones (excluding diaryl/α,β-unsaturated/α-hetero) is 1. The van der Waals surface area contributed by atoms with E-state index in [1.807, 2.05) is 0 Å². The highest BCUT2D eigenvalue weighted by atomic mass is 35.5. The number of hydrogen-bond acceptors (Lipinski definition) is 1. The van der Waals surface area contributed by atoms with Crippen molar-refractivity contribution in [1.82, 2.24) is 0 Å². The Morgan fingerprint density at radius 3 is 1.29 bits per heavy atom. The second-order valence-corrected chi connectivity index (χ2v) is 3.88. The number of hydrogen-bond donors (Lipinski definition) is 0. The molecule has 0 aliphatic carbocycles. The van der Waals surface area contributed by atoms with E-state index in [-0.39, 0.29) is 11.1 Å². The minimum atomic E-state index is 0.167. The molecule has 0 aliphatic rings. The van der Waals surface area contributed by atoms with Gasteiger partial charge in [-0.05, 0) is 13.8 Å². The second kappa shape index (κ2) is 23.2. The molecule has 14 heavy (non-hydrogen) atoms. The summed E-state index contributed by atoms with van der Waals surface area (Å²) in [4.78, 5) is 9.44. The van der Waals surface area contributed by atoms with Crippen LogP contribution in [0.4, 0.5) is 0 Å². The number of halogens is 2. The first-order valence-corrected chi connectivity index (χ1v) is 6.22. The summed E-state index contributed by atoms with van der Waals surface area (Å²) in [5.74, 6) is 0.167. The molecule has 0 heterocycles. The molecule has 0 saturated carbocycles. The van der Waals surface area contributed by atoms with E-state index >= 15 is 0 Å². The zero-order valence-electron chi connectivity index (χ0n) is 9.91. The highest BCUT2D eigenvalue weighted by Crippen LogP contribution is 2.00. The van der Waals surface area contributed by atoms with Gasteiger partial charge in [-0.2, -0.15) is 0 Å². The number of unbranched alkanes of at least 4 members (excludes halogenated alkanes) is 4. The molecule has 0 rings (SSSR count). The van der Waals surface area contributed by atoms with Crippen LogP contribution in [0.5, 0.6) is 0 Å². The van der Waals surface area contributed by atoms with E-state index in [2.05, 4.69) is 13.8 Å². The fraction of sp³-hybridized carbons (Fsp3) is 0.909. The van der Waals surface area contributed by atoms with Crippen LogP contribution in [0.3, 0.4) is 0 Å². The third kappa shape index (κ3) is 85.8. The molecule has 0 spiro atoms. The van der Waals surface area contributed by atoms with Crippen LogP contribution in [-0.4, -0.2) is 11.1 Å². The van der Waals surface area contributed by atoms with Crippen LogP contribution in [0.15, 0.2) is 0 Å². The Balaban J connectivity index is -0.000000147.